The normalized spacial score (nSPS) is 18.4. The molecule has 0 radical (unpaired) electrons. The van der Waals surface area contributed by atoms with E-state index >= 15 is 0 Å². The van der Waals surface area contributed by atoms with Gasteiger partial charge in [-0.3, -0.25) is 4.79 Å². The quantitative estimate of drug-likeness (QED) is 0.627. The van der Waals surface area contributed by atoms with Gasteiger partial charge in [-0.2, -0.15) is 0 Å². The third-order valence-electron chi connectivity index (χ3n) is 3.09. The zero-order valence-electron chi connectivity index (χ0n) is 9.95. The molecule has 0 aromatic heterocycles. The summed E-state index contributed by atoms with van der Waals surface area (Å²) >= 11 is 0. The van der Waals surface area contributed by atoms with Crippen LogP contribution in [0.1, 0.15) is 39.0 Å². The average molecular weight is 238 g/mol. The first-order valence-electron chi connectivity index (χ1n) is 5.78. The van der Waals surface area contributed by atoms with Crippen LogP contribution < -0.4 is 10.6 Å². The molecule has 5 heteroatoms. The van der Waals surface area contributed by atoms with E-state index in [1.54, 1.807) is 0 Å². The molecule has 1 aliphatic rings. The number of urea groups is 1. The van der Waals surface area contributed by atoms with E-state index in [4.69, 9.17) is 11.5 Å². The summed E-state index contributed by atoms with van der Waals surface area (Å²) in [5.41, 5.74) is -0.581. The van der Waals surface area contributed by atoms with E-state index in [2.05, 4.69) is 16.6 Å². The molecule has 94 valence electrons. The van der Waals surface area contributed by atoms with Crippen LogP contribution in [-0.4, -0.2) is 28.7 Å². The highest BCUT2D eigenvalue weighted by Crippen LogP contribution is 2.34. The Morgan fingerprint density at radius 3 is 2.53 bits per heavy atom. The summed E-state index contributed by atoms with van der Waals surface area (Å²) in [5, 5.41) is 14.2. The van der Waals surface area contributed by atoms with Crippen molar-refractivity contribution in [1.82, 2.24) is 10.6 Å². The number of aliphatic carboxylic acids is 1. The van der Waals surface area contributed by atoms with Crippen molar-refractivity contribution in [1.29, 1.82) is 0 Å². The van der Waals surface area contributed by atoms with Gasteiger partial charge in [0.05, 0.1) is 18.0 Å². The van der Waals surface area contributed by atoms with Crippen molar-refractivity contribution in [3.63, 3.8) is 0 Å². The molecule has 0 spiro atoms. The van der Waals surface area contributed by atoms with E-state index < -0.39 is 11.5 Å². The van der Waals surface area contributed by atoms with Crippen molar-refractivity contribution in [2.75, 3.05) is 0 Å². The SMILES string of the molecule is C#CC(CC)NC(=O)NC1(CC(=O)O)CCC1. The maximum atomic E-state index is 11.7. The molecule has 0 saturated heterocycles. The Kier molecular flexibility index (Phi) is 4.38. The molecule has 1 aliphatic carbocycles. The fourth-order valence-electron chi connectivity index (χ4n) is 1.94. The van der Waals surface area contributed by atoms with E-state index in [9.17, 15) is 9.59 Å². The molecule has 1 unspecified atom stereocenters. The Hall–Kier alpha value is -1.70. The number of amides is 2. The van der Waals surface area contributed by atoms with Crippen LogP contribution in [0.25, 0.3) is 0 Å². The van der Waals surface area contributed by atoms with Gasteiger partial charge in [-0.25, -0.2) is 4.79 Å². The van der Waals surface area contributed by atoms with Crippen molar-refractivity contribution >= 4 is 12.0 Å². The molecule has 17 heavy (non-hydrogen) atoms. The first-order valence-corrected chi connectivity index (χ1v) is 5.78. The van der Waals surface area contributed by atoms with Crippen LogP contribution in [-0.2, 0) is 4.79 Å². The molecule has 0 aromatic carbocycles. The smallest absolute Gasteiger partial charge is 0.316 e. The first kappa shape index (κ1) is 13.4. The molecule has 2 amide bonds. The number of hydrogen-bond donors (Lipinski definition) is 3. The number of carboxylic acid groups (broad SMARTS) is 1. The van der Waals surface area contributed by atoms with Crippen molar-refractivity contribution < 1.29 is 14.7 Å². The number of carbonyl (C=O) groups is 2. The highest BCUT2D eigenvalue weighted by molar-refractivity contribution is 5.77. The lowest BCUT2D eigenvalue weighted by Crippen LogP contribution is -2.58. The second-order valence-electron chi connectivity index (χ2n) is 4.43. The minimum Gasteiger partial charge on any atom is -0.481 e. The lowest BCUT2D eigenvalue weighted by molar-refractivity contribution is -0.139. The Bertz CT molecular complexity index is 342. The highest BCUT2D eigenvalue weighted by atomic mass is 16.4. The van der Waals surface area contributed by atoms with Gasteiger partial charge in [-0.1, -0.05) is 12.8 Å². The fourth-order valence-corrected chi connectivity index (χ4v) is 1.94. The number of nitrogens with one attached hydrogen (secondary N) is 2. The summed E-state index contributed by atoms with van der Waals surface area (Å²) < 4.78 is 0. The molecule has 0 aromatic rings. The second-order valence-corrected chi connectivity index (χ2v) is 4.43. The standard InChI is InChI=1S/C12H18N2O3/c1-3-9(4-2)13-11(17)14-12(6-5-7-12)8-10(15)16/h1,9H,4-8H2,2H3,(H,15,16)(H2,13,14,17). The van der Waals surface area contributed by atoms with Crippen LogP contribution in [0, 0.1) is 12.3 Å². The molecule has 0 aliphatic heterocycles. The van der Waals surface area contributed by atoms with Gasteiger partial charge in [-0.15, -0.1) is 6.42 Å². The molecule has 3 N–H and O–H groups in total. The lowest BCUT2D eigenvalue weighted by Gasteiger charge is -2.41. The van der Waals surface area contributed by atoms with Crippen molar-refractivity contribution in [2.24, 2.45) is 0 Å². The highest BCUT2D eigenvalue weighted by Gasteiger charge is 2.40. The number of carboxylic acids is 1. The van der Waals surface area contributed by atoms with Gasteiger partial charge in [-0.05, 0) is 25.7 Å². The van der Waals surface area contributed by atoms with E-state index in [-0.39, 0.29) is 18.5 Å². The topological polar surface area (TPSA) is 78.4 Å². The molecule has 0 bridgehead atoms. The molecular formula is C12H18N2O3. The molecule has 0 heterocycles. The monoisotopic (exact) mass is 238 g/mol. The minimum atomic E-state index is -0.894. The maximum Gasteiger partial charge on any atom is 0.316 e. The Morgan fingerprint density at radius 2 is 2.18 bits per heavy atom. The van der Waals surface area contributed by atoms with E-state index in [0.29, 0.717) is 19.3 Å². The zero-order chi connectivity index (χ0) is 12.9. The molecular weight excluding hydrogens is 220 g/mol. The summed E-state index contributed by atoms with van der Waals surface area (Å²) in [6.07, 6.45) is 8.21. The van der Waals surface area contributed by atoms with E-state index in [1.807, 2.05) is 6.92 Å². The zero-order valence-corrected chi connectivity index (χ0v) is 9.95. The van der Waals surface area contributed by atoms with Crippen LogP contribution in [0.5, 0.6) is 0 Å². The van der Waals surface area contributed by atoms with E-state index in [1.165, 1.54) is 0 Å². The summed E-state index contributed by atoms with van der Waals surface area (Å²) in [5.74, 6) is 1.56. The Morgan fingerprint density at radius 1 is 1.53 bits per heavy atom. The van der Waals surface area contributed by atoms with Crippen LogP contribution in [0.15, 0.2) is 0 Å². The van der Waals surface area contributed by atoms with Gasteiger partial charge >= 0.3 is 12.0 Å². The summed E-state index contributed by atoms with van der Waals surface area (Å²) in [7, 11) is 0. The Labute approximate surface area is 101 Å². The number of rotatable bonds is 5. The van der Waals surface area contributed by atoms with Gasteiger partial charge in [0, 0.05) is 0 Å². The van der Waals surface area contributed by atoms with Gasteiger partial charge in [0.1, 0.15) is 0 Å². The van der Waals surface area contributed by atoms with Crippen LogP contribution in [0.3, 0.4) is 0 Å². The predicted molar refractivity (Wildman–Crippen MR) is 63.4 cm³/mol. The minimum absolute atomic E-state index is 0.0345. The average Bonchev–Trinajstić information content (AvgIpc) is 2.22. The maximum absolute atomic E-state index is 11.7. The third-order valence-corrected chi connectivity index (χ3v) is 3.09. The number of carbonyl (C=O) groups excluding carboxylic acids is 1. The van der Waals surface area contributed by atoms with Crippen molar-refractivity contribution in [2.45, 2.75) is 50.6 Å². The lowest BCUT2D eigenvalue weighted by atomic mass is 9.74. The molecule has 1 rings (SSSR count). The van der Waals surface area contributed by atoms with Gasteiger partial charge in [0.2, 0.25) is 0 Å². The first-order chi connectivity index (χ1) is 8.01. The van der Waals surface area contributed by atoms with Crippen molar-refractivity contribution in [3.8, 4) is 12.3 Å². The molecule has 1 fully saturated rings. The van der Waals surface area contributed by atoms with Crippen LogP contribution >= 0.6 is 0 Å². The molecule has 5 nitrogen and oxygen atoms in total. The largest absolute Gasteiger partial charge is 0.481 e. The van der Waals surface area contributed by atoms with Crippen LogP contribution in [0.4, 0.5) is 4.79 Å². The Balaban J connectivity index is 2.49. The summed E-state index contributed by atoms with van der Waals surface area (Å²) in [4.78, 5) is 22.4. The summed E-state index contributed by atoms with van der Waals surface area (Å²) in [6.45, 7) is 1.88. The van der Waals surface area contributed by atoms with E-state index in [0.717, 1.165) is 6.42 Å². The predicted octanol–water partition coefficient (Wildman–Crippen LogP) is 1.09. The third kappa shape index (κ3) is 3.66. The van der Waals surface area contributed by atoms with Gasteiger partial charge < -0.3 is 15.7 Å². The number of terminal acetylenes is 1. The molecule has 1 saturated carbocycles. The number of hydrogen-bond acceptors (Lipinski definition) is 2. The van der Waals surface area contributed by atoms with Gasteiger partial charge in [0.15, 0.2) is 0 Å². The second kappa shape index (κ2) is 5.58. The van der Waals surface area contributed by atoms with Gasteiger partial charge in [0.25, 0.3) is 0 Å². The van der Waals surface area contributed by atoms with Crippen molar-refractivity contribution in [3.05, 3.63) is 0 Å². The van der Waals surface area contributed by atoms with Crippen LogP contribution in [0.2, 0.25) is 0 Å². The molecule has 1 atom stereocenters. The fraction of sp³-hybridized carbons (Fsp3) is 0.667. The summed E-state index contributed by atoms with van der Waals surface area (Å²) in [6, 6.07) is -0.687.